The number of hydrogen-bond donors (Lipinski definition) is 3. The molecule has 542 valence electrons. The van der Waals surface area contributed by atoms with Crippen molar-refractivity contribution in [3.8, 4) is 36.4 Å². The van der Waals surface area contributed by atoms with Gasteiger partial charge in [-0.15, -0.1) is 0 Å². The zero-order chi connectivity index (χ0) is 75.2. The van der Waals surface area contributed by atoms with E-state index in [1.54, 1.807) is 0 Å². The molecule has 0 aliphatic heterocycles. The molecule has 0 spiro atoms. The lowest BCUT2D eigenvalue weighted by molar-refractivity contribution is -0.389. The van der Waals surface area contributed by atoms with Crippen LogP contribution in [0.4, 0.5) is 119 Å². The van der Waals surface area contributed by atoms with Crippen LogP contribution in [0.5, 0.6) is 0 Å². The molecule has 0 amide bonds. The van der Waals surface area contributed by atoms with Gasteiger partial charge in [0.25, 0.3) is 0 Å². The Labute approximate surface area is 535 Å². The average Bonchev–Trinajstić information content (AvgIpc) is 0.731. The SMILES string of the molecule is CC1(C)CC(NCCOCCN(CCOCCNC2=C(C(F)(F)C(F)(F)C(F)(F)C(F)(F)F)C(=C(C#N)C#N)CC(C)(C)C2)CCOCCNC2=C(C(F)(F)C(F)(F)C(F)(F)C(F)(F)F)C(=C(C#N)C#N)CC(C)(C)C2)=C(C(F)(F)C(F)(F)C(F)(F)C(F)(F)F)C(=C(C#N)C#N)C1. The highest BCUT2D eigenvalue weighted by Gasteiger charge is 2.85. The maximum Gasteiger partial charge on any atom is 0.460 e. The molecular formula is C57H57F27N10O3. The molecule has 0 bridgehead atoms. The van der Waals surface area contributed by atoms with Crippen LogP contribution >= 0.6 is 0 Å². The number of allylic oxidation sites excluding steroid dienone is 12. The standard InChI is InChI=1S/C57H57F27N10O3/c1-43(2)19-34(31(25-85)26-86)40(46(58,59)49(64,65)52(70,71)55(76,77)78)37(22-43)91-7-13-95-16-10-94(11-17-96-14-8-92-38-23-44(3,4)20-35(32(27-87)28-88)41(38)47(60,61)50(66,67)53(72,73)56(79,80)81)12-18-97-15-9-93-39-24-45(5,6)21-36(33(29-89)30-90)42(39)48(62,63)51(68,69)54(74,75)57(82,83)84/h91-93H,7-24H2,1-6H3. The second-order valence-corrected chi connectivity index (χ2v) is 24.5. The van der Waals surface area contributed by atoms with Crippen LogP contribution in [0.2, 0.25) is 0 Å². The Hall–Kier alpha value is -7.27. The summed E-state index contributed by atoms with van der Waals surface area (Å²) >= 11 is 0. The summed E-state index contributed by atoms with van der Waals surface area (Å²) in [4.78, 5) is 1.30. The fraction of sp³-hybridized carbons (Fsp3) is 0.684. The molecule has 40 heteroatoms. The number of hydrogen-bond acceptors (Lipinski definition) is 13. The molecular weight excluding hydrogens is 1390 g/mol. The largest absolute Gasteiger partial charge is 0.460 e. The number of rotatable bonds is 30. The van der Waals surface area contributed by atoms with Gasteiger partial charge in [-0.3, -0.25) is 4.90 Å². The Morgan fingerprint density at radius 1 is 0.330 bits per heavy atom. The quantitative estimate of drug-likeness (QED) is 0.0348. The fourth-order valence-electron chi connectivity index (χ4n) is 10.5. The predicted octanol–water partition coefficient (Wildman–Crippen LogP) is 14.8. The van der Waals surface area contributed by atoms with Crippen LogP contribution in [0, 0.1) is 84.2 Å². The molecule has 13 nitrogen and oxygen atoms in total. The monoisotopic (exact) mass is 1440 g/mol. The van der Waals surface area contributed by atoms with Gasteiger partial charge < -0.3 is 30.2 Å². The van der Waals surface area contributed by atoms with E-state index in [2.05, 4.69) is 16.0 Å². The lowest BCUT2D eigenvalue weighted by Gasteiger charge is -2.41. The van der Waals surface area contributed by atoms with Gasteiger partial charge in [0, 0.05) is 56.4 Å². The second kappa shape index (κ2) is 29.7. The van der Waals surface area contributed by atoms with E-state index in [9.17, 15) is 97.4 Å². The minimum Gasteiger partial charge on any atom is -0.386 e. The van der Waals surface area contributed by atoms with Gasteiger partial charge in [-0.2, -0.15) is 150 Å². The van der Waals surface area contributed by atoms with Crippen LogP contribution in [-0.4, -0.2) is 156 Å². The van der Waals surface area contributed by atoms with Crippen LogP contribution in [0.3, 0.4) is 0 Å². The van der Waals surface area contributed by atoms with Crippen molar-refractivity contribution in [2.24, 2.45) is 16.2 Å². The maximum atomic E-state index is 15.8. The van der Waals surface area contributed by atoms with Crippen molar-refractivity contribution in [1.29, 1.82) is 31.6 Å². The Bertz CT molecular complexity index is 2970. The summed E-state index contributed by atoms with van der Waals surface area (Å²) in [6.45, 7) is 0.341. The summed E-state index contributed by atoms with van der Waals surface area (Å²) in [5, 5.41) is 63.6. The zero-order valence-corrected chi connectivity index (χ0v) is 51.3. The molecule has 0 heterocycles. The summed E-state index contributed by atoms with van der Waals surface area (Å²) in [5.74, 6) is -63.5. The van der Waals surface area contributed by atoms with Gasteiger partial charge in [-0.25, -0.2) is 0 Å². The van der Waals surface area contributed by atoms with E-state index in [0.717, 1.165) is 36.4 Å². The second-order valence-electron chi connectivity index (χ2n) is 24.5. The third kappa shape index (κ3) is 17.2. The van der Waals surface area contributed by atoms with Gasteiger partial charge in [-0.05, 0) is 71.5 Å². The van der Waals surface area contributed by atoms with E-state index < -0.39 is 253 Å². The summed E-state index contributed by atoms with van der Waals surface area (Å²) in [7, 11) is 0. The van der Waals surface area contributed by atoms with Crippen molar-refractivity contribution in [1.82, 2.24) is 20.9 Å². The smallest absolute Gasteiger partial charge is 0.386 e. The predicted molar refractivity (Wildman–Crippen MR) is 280 cm³/mol. The summed E-state index contributed by atoms with van der Waals surface area (Å²) < 4.78 is 406. The van der Waals surface area contributed by atoms with Crippen LogP contribution in [0.25, 0.3) is 0 Å². The molecule has 0 aromatic carbocycles. The molecule has 0 radical (unpaired) electrons. The molecule has 3 rings (SSSR count). The first kappa shape index (κ1) is 84.0. The molecule has 0 saturated heterocycles. The van der Waals surface area contributed by atoms with Crippen molar-refractivity contribution < 1.29 is 133 Å². The zero-order valence-electron chi connectivity index (χ0n) is 51.3. The number of nitrogens with one attached hydrogen (secondary N) is 3. The molecule has 3 aliphatic carbocycles. The Morgan fingerprint density at radius 3 is 0.701 bits per heavy atom. The van der Waals surface area contributed by atoms with Crippen molar-refractivity contribution >= 4 is 0 Å². The first-order valence-electron chi connectivity index (χ1n) is 27.9. The van der Waals surface area contributed by atoms with E-state index in [-0.39, 0.29) is 19.6 Å². The molecule has 0 unspecified atom stereocenters. The van der Waals surface area contributed by atoms with Crippen molar-refractivity contribution in [3.63, 3.8) is 0 Å². The Morgan fingerprint density at radius 2 is 0.526 bits per heavy atom. The highest BCUT2D eigenvalue weighted by atomic mass is 19.4. The highest BCUT2D eigenvalue weighted by molar-refractivity contribution is 5.58. The van der Waals surface area contributed by atoms with E-state index >= 15 is 52.7 Å². The Balaban J connectivity index is 2.01. The number of alkyl halides is 27. The fourth-order valence-corrected chi connectivity index (χ4v) is 10.5. The summed E-state index contributed by atoms with van der Waals surface area (Å²) in [6.07, 6.45) is -27.0. The minimum atomic E-state index is -7.42. The van der Waals surface area contributed by atoms with Crippen LogP contribution < -0.4 is 16.0 Å². The average molecular weight is 1440 g/mol. The van der Waals surface area contributed by atoms with Crippen molar-refractivity contribution in [3.05, 3.63) is 67.2 Å². The molecule has 3 aliphatic rings. The van der Waals surface area contributed by atoms with Crippen molar-refractivity contribution in [2.45, 2.75) is 152 Å². The summed E-state index contributed by atoms with van der Waals surface area (Å²) in [5.41, 5.74) is -22.4. The maximum absolute atomic E-state index is 15.8. The van der Waals surface area contributed by atoms with E-state index in [4.69, 9.17) is 14.2 Å². The molecule has 0 fully saturated rings. The Kier molecular flexibility index (Phi) is 25.7. The van der Waals surface area contributed by atoms with Crippen LogP contribution in [0.1, 0.15) is 80.1 Å². The molecule has 0 aromatic rings. The van der Waals surface area contributed by atoms with E-state index in [1.165, 1.54) is 46.4 Å². The molecule has 0 saturated carbocycles. The first-order chi connectivity index (χ1) is 43.8. The molecule has 97 heavy (non-hydrogen) atoms. The van der Waals surface area contributed by atoms with E-state index in [0.29, 0.717) is 0 Å². The summed E-state index contributed by atoms with van der Waals surface area (Å²) in [6, 6.07) is 6.66. The highest BCUT2D eigenvalue weighted by Crippen LogP contribution is 2.63. The van der Waals surface area contributed by atoms with Crippen molar-refractivity contribution in [2.75, 3.05) is 78.9 Å². The van der Waals surface area contributed by atoms with Gasteiger partial charge >= 0.3 is 71.8 Å². The van der Waals surface area contributed by atoms with E-state index in [1.807, 2.05) is 0 Å². The lowest BCUT2D eigenvalue weighted by atomic mass is 9.70. The molecule has 0 aromatic heterocycles. The normalized spacial score (nSPS) is 18.0. The van der Waals surface area contributed by atoms with Gasteiger partial charge in [0.2, 0.25) is 0 Å². The van der Waals surface area contributed by atoms with Gasteiger partial charge in [0.15, 0.2) is 0 Å². The molecule has 0 atom stereocenters. The number of ether oxygens (including phenoxy) is 3. The van der Waals surface area contributed by atoms with Crippen LogP contribution in [-0.2, 0) is 14.2 Å². The topological polar surface area (TPSA) is 210 Å². The lowest BCUT2D eigenvalue weighted by Crippen LogP contribution is -2.62. The third-order valence-electron chi connectivity index (χ3n) is 15.1. The number of nitriles is 6. The number of nitrogens with zero attached hydrogens (tertiary/aromatic N) is 7. The first-order valence-corrected chi connectivity index (χ1v) is 27.9. The van der Waals surface area contributed by atoms with Gasteiger partial charge in [0.05, 0.1) is 56.4 Å². The minimum absolute atomic E-state index is 0.361. The van der Waals surface area contributed by atoms with Gasteiger partial charge in [0.1, 0.15) is 53.1 Å². The molecule has 3 N–H and O–H groups in total. The van der Waals surface area contributed by atoms with Gasteiger partial charge in [-0.1, -0.05) is 41.5 Å². The third-order valence-corrected chi connectivity index (χ3v) is 15.1. The van der Waals surface area contributed by atoms with Crippen LogP contribution in [0.15, 0.2) is 67.2 Å². The number of halogens is 27.